The summed E-state index contributed by atoms with van der Waals surface area (Å²) < 4.78 is 6.82. The molecular weight excluding hydrogens is 336 g/mol. The Morgan fingerprint density at radius 2 is 2.05 bits per heavy atom. The number of hydrogen-bond acceptors (Lipinski definition) is 3. The summed E-state index contributed by atoms with van der Waals surface area (Å²) in [6.45, 7) is 2.07. The molecule has 0 spiro atoms. The highest BCUT2D eigenvalue weighted by Crippen LogP contribution is 2.33. The average molecular weight is 351 g/mol. The van der Waals surface area contributed by atoms with Crippen LogP contribution in [-0.2, 0) is 0 Å². The molecule has 0 saturated heterocycles. The van der Waals surface area contributed by atoms with Gasteiger partial charge in [0, 0.05) is 9.37 Å². The van der Waals surface area contributed by atoms with E-state index < -0.39 is 0 Å². The minimum absolute atomic E-state index is 0.0200. The third-order valence-electron chi connectivity index (χ3n) is 2.58. The summed E-state index contributed by atoms with van der Waals surface area (Å²) in [5, 5.41) is 7.78. The molecule has 0 atom stereocenters. The zero-order valence-electron chi connectivity index (χ0n) is 11.0. The molecule has 20 heavy (non-hydrogen) atoms. The monoisotopic (exact) mass is 350 g/mol. The molecule has 0 amide bonds. The summed E-state index contributed by atoms with van der Waals surface area (Å²) in [7, 11) is 0. The lowest BCUT2D eigenvalue weighted by molar-refractivity contribution is 0.479. The van der Waals surface area contributed by atoms with Gasteiger partial charge in [-0.05, 0) is 36.1 Å². The molecule has 2 aromatic rings. The zero-order chi connectivity index (χ0) is 14.5. The molecule has 5 heteroatoms. The first-order valence-electron chi connectivity index (χ1n) is 6.15. The van der Waals surface area contributed by atoms with Crippen molar-refractivity contribution in [2.45, 2.75) is 11.8 Å². The number of nitrogen functional groups attached to an aromatic ring is 1. The van der Waals surface area contributed by atoms with Crippen LogP contribution in [0.1, 0.15) is 12.5 Å². The maximum atomic E-state index is 7.78. The summed E-state index contributed by atoms with van der Waals surface area (Å²) in [6, 6.07) is 13.3. The first-order valence-corrected chi connectivity index (χ1v) is 7.93. The molecule has 0 radical (unpaired) electrons. The maximum Gasteiger partial charge on any atom is 0.139 e. The van der Waals surface area contributed by atoms with Crippen LogP contribution in [0.25, 0.3) is 0 Å². The van der Waals surface area contributed by atoms with Gasteiger partial charge in [0.15, 0.2) is 0 Å². The topological polar surface area (TPSA) is 59.1 Å². The zero-order valence-corrected chi connectivity index (χ0v) is 13.4. The Morgan fingerprint density at radius 1 is 1.30 bits per heavy atom. The summed E-state index contributed by atoms with van der Waals surface area (Å²) in [5.41, 5.74) is 6.36. The molecule has 0 bridgehead atoms. The highest BCUT2D eigenvalue weighted by atomic mass is 79.9. The van der Waals surface area contributed by atoms with Crippen LogP contribution >= 0.6 is 27.7 Å². The Labute approximate surface area is 131 Å². The molecule has 0 unspecified atom stereocenters. The van der Waals surface area contributed by atoms with E-state index in [9.17, 15) is 0 Å². The van der Waals surface area contributed by atoms with Gasteiger partial charge in [-0.1, -0.05) is 35.0 Å². The van der Waals surface area contributed by atoms with E-state index in [0.29, 0.717) is 17.1 Å². The second-order valence-corrected chi connectivity index (χ2v) is 6.26. The van der Waals surface area contributed by atoms with Gasteiger partial charge in [0.25, 0.3) is 0 Å². The molecule has 0 fully saturated rings. The summed E-state index contributed by atoms with van der Waals surface area (Å²) >= 11 is 5.06. The molecule has 104 valence electrons. The van der Waals surface area contributed by atoms with Gasteiger partial charge in [-0.2, -0.15) is 0 Å². The smallest absolute Gasteiger partial charge is 0.139 e. The van der Waals surface area contributed by atoms with Crippen LogP contribution in [0.2, 0.25) is 0 Å². The fourth-order valence-electron chi connectivity index (χ4n) is 1.79. The molecule has 3 nitrogen and oxygen atoms in total. The first kappa shape index (κ1) is 14.9. The van der Waals surface area contributed by atoms with Crippen molar-refractivity contribution in [1.29, 1.82) is 5.41 Å². The van der Waals surface area contributed by atoms with E-state index >= 15 is 0 Å². The van der Waals surface area contributed by atoms with E-state index in [1.807, 2.05) is 42.5 Å². The maximum absolute atomic E-state index is 7.78. The van der Waals surface area contributed by atoms with Crippen LogP contribution in [0.3, 0.4) is 0 Å². The van der Waals surface area contributed by atoms with Gasteiger partial charge in [0.2, 0.25) is 0 Å². The van der Waals surface area contributed by atoms with Crippen LogP contribution in [0.4, 0.5) is 0 Å². The van der Waals surface area contributed by atoms with Crippen LogP contribution in [0.15, 0.2) is 51.8 Å². The second kappa shape index (κ2) is 6.81. The summed E-state index contributed by atoms with van der Waals surface area (Å²) in [5.74, 6) is 2.25. The van der Waals surface area contributed by atoms with Gasteiger partial charge < -0.3 is 10.5 Å². The molecule has 0 aromatic heterocycles. The van der Waals surface area contributed by atoms with Crippen molar-refractivity contribution in [3.05, 3.63) is 52.5 Å². The lowest BCUT2D eigenvalue weighted by atomic mass is 10.2. The molecule has 0 aliphatic rings. The van der Waals surface area contributed by atoms with Crippen LogP contribution < -0.4 is 10.5 Å². The van der Waals surface area contributed by atoms with Gasteiger partial charge in [-0.15, -0.1) is 11.8 Å². The predicted octanol–water partition coefficient (Wildman–Crippen LogP) is 4.64. The van der Waals surface area contributed by atoms with Crippen molar-refractivity contribution in [3.8, 4) is 11.5 Å². The van der Waals surface area contributed by atoms with Gasteiger partial charge in [-0.3, -0.25) is 5.41 Å². The Balaban J connectivity index is 2.40. The molecule has 2 rings (SSSR count). The van der Waals surface area contributed by atoms with E-state index in [0.717, 1.165) is 15.1 Å². The molecule has 0 aliphatic carbocycles. The van der Waals surface area contributed by atoms with Crippen LogP contribution in [0, 0.1) is 5.41 Å². The third kappa shape index (κ3) is 3.55. The largest absolute Gasteiger partial charge is 0.457 e. The van der Waals surface area contributed by atoms with E-state index in [1.54, 1.807) is 11.8 Å². The van der Waals surface area contributed by atoms with Crippen molar-refractivity contribution in [1.82, 2.24) is 0 Å². The number of nitrogens with two attached hydrogens (primary N) is 1. The minimum Gasteiger partial charge on any atom is -0.457 e. The van der Waals surface area contributed by atoms with Crippen LogP contribution in [-0.4, -0.2) is 11.6 Å². The number of amidine groups is 1. The Kier molecular flexibility index (Phi) is 5.09. The van der Waals surface area contributed by atoms with Crippen molar-refractivity contribution in [2.24, 2.45) is 5.73 Å². The highest BCUT2D eigenvalue weighted by Gasteiger charge is 2.13. The second-order valence-electron chi connectivity index (χ2n) is 4.04. The number of halogens is 1. The highest BCUT2D eigenvalue weighted by molar-refractivity contribution is 9.10. The van der Waals surface area contributed by atoms with E-state index in [2.05, 4.69) is 22.9 Å². The molecule has 3 N–H and O–H groups in total. The van der Waals surface area contributed by atoms with Gasteiger partial charge in [0.05, 0.1) is 5.56 Å². The van der Waals surface area contributed by atoms with E-state index in [-0.39, 0.29) is 5.84 Å². The minimum atomic E-state index is 0.0200. The number of nitrogens with one attached hydrogen (secondary N) is 1. The third-order valence-corrected chi connectivity index (χ3v) is 4.01. The normalized spacial score (nSPS) is 10.3. The fraction of sp³-hybridized carbons (Fsp3) is 0.133. The van der Waals surface area contributed by atoms with Crippen molar-refractivity contribution >= 4 is 33.5 Å². The molecule has 0 saturated carbocycles. The number of benzene rings is 2. The molecule has 2 aromatic carbocycles. The van der Waals surface area contributed by atoms with Crippen molar-refractivity contribution in [3.63, 3.8) is 0 Å². The van der Waals surface area contributed by atoms with Crippen molar-refractivity contribution < 1.29 is 4.74 Å². The quantitative estimate of drug-likeness (QED) is 0.469. The van der Waals surface area contributed by atoms with E-state index in [1.165, 1.54) is 0 Å². The molecular formula is C15H15BrN2OS. The van der Waals surface area contributed by atoms with E-state index in [4.69, 9.17) is 15.9 Å². The van der Waals surface area contributed by atoms with Gasteiger partial charge >= 0.3 is 0 Å². The molecule has 0 aliphatic heterocycles. The lowest BCUT2D eigenvalue weighted by Gasteiger charge is -2.14. The van der Waals surface area contributed by atoms with Crippen LogP contribution in [0.5, 0.6) is 11.5 Å². The Morgan fingerprint density at radius 3 is 2.70 bits per heavy atom. The Bertz CT molecular complexity index is 631. The predicted molar refractivity (Wildman–Crippen MR) is 88.1 cm³/mol. The number of thioether (sulfide) groups is 1. The number of rotatable bonds is 5. The van der Waals surface area contributed by atoms with Gasteiger partial charge in [0.1, 0.15) is 17.3 Å². The van der Waals surface area contributed by atoms with Crippen molar-refractivity contribution in [2.75, 3.05) is 5.75 Å². The SMILES string of the molecule is CCSc1cccc(Oc2cccc(Br)c2)c1C(=N)N. The number of ether oxygens (including phenoxy) is 1. The van der Waals surface area contributed by atoms with Gasteiger partial charge in [-0.25, -0.2) is 0 Å². The first-order chi connectivity index (χ1) is 9.61. The standard InChI is InChI=1S/C15H15BrN2OS/c1-2-20-13-8-4-7-12(14(13)15(17)18)19-11-6-3-5-10(16)9-11/h3-9H,2H2,1H3,(H3,17,18). The number of hydrogen-bond donors (Lipinski definition) is 2. The fourth-order valence-corrected chi connectivity index (χ4v) is 3.01. The summed E-state index contributed by atoms with van der Waals surface area (Å²) in [6.07, 6.45) is 0. The molecule has 0 heterocycles. The Hall–Kier alpha value is -1.46. The summed E-state index contributed by atoms with van der Waals surface area (Å²) in [4.78, 5) is 0.965. The average Bonchev–Trinajstić information content (AvgIpc) is 2.39. The lowest BCUT2D eigenvalue weighted by Crippen LogP contribution is -2.13.